The number of nitrogens with two attached hydrogens (primary N) is 1. The van der Waals surface area contributed by atoms with E-state index in [1.165, 1.54) is 0 Å². The van der Waals surface area contributed by atoms with Crippen molar-refractivity contribution in [1.29, 1.82) is 0 Å². The van der Waals surface area contributed by atoms with Crippen LogP contribution >= 0.6 is 11.6 Å². The maximum absolute atomic E-state index is 11.6. The number of nitrogens with one attached hydrogen (secondary N) is 1. The van der Waals surface area contributed by atoms with Crippen LogP contribution in [0.1, 0.15) is 26.3 Å². The van der Waals surface area contributed by atoms with Crippen LogP contribution in [0.2, 0.25) is 5.02 Å². The quantitative estimate of drug-likeness (QED) is 0.889. The minimum Gasteiger partial charge on any atom is -0.368 e. The first-order valence-electron chi connectivity index (χ1n) is 7.09. The second kappa shape index (κ2) is 6.50. The predicted octanol–water partition coefficient (Wildman–Crippen LogP) is 2.52. The Kier molecular flexibility index (Phi) is 4.88. The van der Waals surface area contributed by atoms with E-state index in [4.69, 9.17) is 17.3 Å². The molecule has 6 heteroatoms. The average molecular weight is 321 g/mol. The van der Waals surface area contributed by atoms with Gasteiger partial charge < -0.3 is 11.1 Å². The van der Waals surface area contributed by atoms with Gasteiger partial charge in [0.2, 0.25) is 5.91 Å². The molecule has 22 heavy (non-hydrogen) atoms. The van der Waals surface area contributed by atoms with E-state index < -0.39 is 6.04 Å². The summed E-state index contributed by atoms with van der Waals surface area (Å²) in [5.41, 5.74) is 7.13. The smallest absolute Gasteiger partial charge is 0.235 e. The number of amides is 1. The van der Waals surface area contributed by atoms with Crippen LogP contribution < -0.4 is 11.1 Å². The number of hydrogen-bond donors (Lipinski definition) is 2. The Labute approximate surface area is 135 Å². The number of carbonyl (C=O) groups excluding carboxylic acids is 1. The van der Waals surface area contributed by atoms with Crippen molar-refractivity contribution in [2.75, 3.05) is 0 Å². The molecule has 1 aromatic carbocycles. The molecule has 1 atom stereocenters. The van der Waals surface area contributed by atoms with Gasteiger partial charge in [-0.3, -0.25) is 4.79 Å². The molecular formula is C16H21ClN4O. The summed E-state index contributed by atoms with van der Waals surface area (Å²) >= 11 is 5.88. The second-order valence-corrected chi connectivity index (χ2v) is 6.79. The minimum absolute atomic E-state index is 0.238. The van der Waals surface area contributed by atoms with Gasteiger partial charge in [-0.25, -0.2) is 4.68 Å². The molecule has 0 spiro atoms. The summed E-state index contributed by atoms with van der Waals surface area (Å²) in [6.45, 7) is 6.46. The normalized spacial score (nSPS) is 13.1. The third-order valence-corrected chi connectivity index (χ3v) is 3.64. The molecule has 0 bridgehead atoms. The Hall–Kier alpha value is -1.85. The number of nitrogens with zero attached hydrogens (tertiary/aromatic N) is 2. The summed E-state index contributed by atoms with van der Waals surface area (Å²) in [6, 6.07) is 7.03. The zero-order chi connectivity index (χ0) is 16.3. The van der Waals surface area contributed by atoms with Gasteiger partial charge >= 0.3 is 0 Å². The first kappa shape index (κ1) is 16.5. The van der Waals surface area contributed by atoms with Crippen molar-refractivity contribution in [3.63, 3.8) is 0 Å². The fraction of sp³-hybridized carbons (Fsp3) is 0.375. The lowest BCUT2D eigenvalue weighted by atomic mass is 9.86. The zero-order valence-corrected chi connectivity index (χ0v) is 13.8. The Morgan fingerprint density at radius 3 is 2.55 bits per heavy atom. The van der Waals surface area contributed by atoms with Gasteiger partial charge in [0.05, 0.1) is 17.9 Å². The van der Waals surface area contributed by atoms with Crippen LogP contribution in [0.4, 0.5) is 0 Å². The summed E-state index contributed by atoms with van der Waals surface area (Å²) in [6.07, 6.45) is 3.68. The number of carbonyl (C=O) groups is 1. The Balaban J connectivity index is 2.06. The maximum atomic E-state index is 11.6. The summed E-state index contributed by atoms with van der Waals surface area (Å²) in [5, 5.41) is 8.21. The first-order valence-corrected chi connectivity index (χ1v) is 7.47. The third kappa shape index (κ3) is 4.08. The average Bonchev–Trinajstić information content (AvgIpc) is 2.86. The molecule has 0 aliphatic heterocycles. The van der Waals surface area contributed by atoms with Crippen LogP contribution in [0, 0.1) is 5.41 Å². The standard InChI is InChI=1S/C16H21ClN4O/c1-16(2,3)14(15(18)22)19-8-11-9-20-21(10-11)13-6-4-12(17)5-7-13/h4-7,9-10,14,19H,8H2,1-3H3,(H2,18,22). The number of benzene rings is 1. The number of aromatic nitrogens is 2. The molecule has 1 heterocycles. The fourth-order valence-electron chi connectivity index (χ4n) is 2.24. The summed E-state index contributed by atoms with van der Waals surface area (Å²) < 4.78 is 1.77. The maximum Gasteiger partial charge on any atom is 0.235 e. The summed E-state index contributed by atoms with van der Waals surface area (Å²) in [5.74, 6) is -0.349. The van der Waals surface area contributed by atoms with Crippen molar-refractivity contribution in [3.8, 4) is 5.69 Å². The van der Waals surface area contributed by atoms with E-state index in [0.29, 0.717) is 11.6 Å². The van der Waals surface area contributed by atoms with E-state index in [0.717, 1.165) is 11.3 Å². The summed E-state index contributed by atoms with van der Waals surface area (Å²) in [7, 11) is 0. The number of rotatable bonds is 5. The first-order chi connectivity index (χ1) is 10.3. The monoisotopic (exact) mass is 320 g/mol. The minimum atomic E-state index is -0.397. The van der Waals surface area contributed by atoms with Crippen molar-refractivity contribution in [3.05, 3.63) is 47.2 Å². The zero-order valence-electron chi connectivity index (χ0n) is 13.0. The van der Waals surface area contributed by atoms with Gasteiger partial charge in [-0.05, 0) is 29.7 Å². The molecule has 118 valence electrons. The Morgan fingerprint density at radius 2 is 2.00 bits per heavy atom. The molecule has 1 amide bonds. The van der Waals surface area contributed by atoms with E-state index in [9.17, 15) is 4.79 Å². The number of hydrogen-bond acceptors (Lipinski definition) is 3. The van der Waals surface area contributed by atoms with Crippen molar-refractivity contribution in [1.82, 2.24) is 15.1 Å². The fourth-order valence-corrected chi connectivity index (χ4v) is 2.37. The van der Waals surface area contributed by atoms with E-state index in [1.54, 1.807) is 10.9 Å². The van der Waals surface area contributed by atoms with Crippen LogP contribution in [0.3, 0.4) is 0 Å². The molecule has 0 aliphatic carbocycles. The topological polar surface area (TPSA) is 72.9 Å². The molecule has 0 radical (unpaired) electrons. The van der Waals surface area contributed by atoms with Crippen LogP contribution in [0.15, 0.2) is 36.7 Å². The SMILES string of the molecule is CC(C)(C)C(NCc1cnn(-c2ccc(Cl)cc2)c1)C(N)=O. The van der Waals surface area contributed by atoms with Crippen molar-refractivity contribution >= 4 is 17.5 Å². The molecule has 2 aromatic rings. The predicted molar refractivity (Wildman–Crippen MR) is 87.9 cm³/mol. The highest BCUT2D eigenvalue weighted by molar-refractivity contribution is 6.30. The van der Waals surface area contributed by atoms with E-state index >= 15 is 0 Å². The molecule has 1 unspecified atom stereocenters. The van der Waals surface area contributed by atoms with Gasteiger partial charge in [-0.2, -0.15) is 5.10 Å². The van der Waals surface area contributed by atoms with E-state index in [2.05, 4.69) is 10.4 Å². The molecule has 2 rings (SSSR count). The van der Waals surface area contributed by atoms with E-state index in [-0.39, 0.29) is 11.3 Å². The molecular weight excluding hydrogens is 300 g/mol. The molecule has 1 aromatic heterocycles. The van der Waals surface area contributed by atoms with Gasteiger partial charge in [0, 0.05) is 23.3 Å². The van der Waals surface area contributed by atoms with Gasteiger partial charge in [0.15, 0.2) is 0 Å². The van der Waals surface area contributed by atoms with Crippen LogP contribution in [-0.2, 0) is 11.3 Å². The lowest BCUT2D eigenvalue weighted by Gasteiger charge is -2.28. The summed E-state index contributed by atoms with van der Waals surface area (Å²) in [4.78, 5) is 11.6. The van der Waals surface area contributed by atoms with Crippen LogP contribution in [-0.4, -0.2) is 21.7 Å². The number of halogens is 1. The van der Waals surface area contributed by atoms with Gasteiger partial charge in [-0.1, -0.05) is 32.4 Å². The lowest BCUT2D eigenvalue weighted by Crippen LogP contribution is -2.49. The molecule has 0 saturated heterocycles. The second-order valence-electron chi connectivity index (χ2n) is 6.35. The van der Waals surface area contributed by atoms with Gasteiger partial charge in [0.25, 0.3) is 0 Å². The Morgan fingerprint density at radius 1 is 1.36 bits per heavy atom. The molecule has 5 nitrogen and oxygen atoms in total. The highest BCUT2D eigenvalue weighted by atomic mass is 35.5. The van der Waals surface area contributed by atoms with Crippen molar-refractivity contribution in [2.45, 2.75) is 33.4 Å². The highest BCUT2D eigenvalue weighted by Crippen LogP contribution is 2.19. The van der Waals surface area contributed by atoms with Gasteiger partial charge in [0.1, 0.15) is 0 Å². The molecule has 0 fully saturated rings. The number of primary amides is 1. The molecule has 0 aliphatic rings. The third-order valence-electron chi connectivity index (χ3n) is 3.39. The Bertz CT molecular complexity index is 643. The van der Waals surface area contributed by atoms with Crippen molar-refractivity contribution in [2.24, 2.45) is 11.1 Å². The van der Waals surface area contributed by atoms with Crippen molar-refractivity contribution < 1.29 is 4.79 Å². The molecule has 3 N–H and O–H groups in total. The lowest BCUT2D eigenvalue weighted by molar-refractivity contribution is -0.122. The van der Waals surface area contributed by atoms with E-state index in [1.807, 2.05) is 51.2 Å². The highest BCUT2D eigenvalue weighted by Gasteiger charge is 2.28. The van der Waals surface area contributed by atoms with Crippen LogP contribution in [0.5, 0.6) is 0 Å². The largest absolute Gasteiger partial charge is 0.368 e. The van der Waals surface area contributed by atoms with Crippen LogP contribution in [0.25, 0.3) is 5.69 Å². The van der Waals surface area contributed by atoms with Gasteiger partial charge in [-0.15, -0.1) is 0 Å². The molecule has 0 saturated carbocycles.